The summed E-state index contributed by atoms with van der Waals surface area (Å²) in [6.45, 7) is 5.75. The normalized spacial score (nSPS) is 18.1. The first-order chi connectivity index (χ1) is 9.31. The zero-order chi connectivity index (χ0) is 15.2. The molecule has 112 valence electrons. The minimum atomic E-state index is -0.960. The van der Waals surface area contributed by atoms with Gasteiger partial charge in [0.2, 0.25) is 0 Å². The lowest BCUT2D eigenvalue weighted by atomic mass is 10.2. The largest absolute Gasteiger partial charge is 0.480 e. The molecule has 0 unspecified atom stereocenters. The van der Waals surface area contributed by atoms with Crippen molar-refractivity contribution in [1.29, 1.82) is 0 Å². The Morgan fingerprint density at radius 1 is 1.45 bits per heavy atom. The SMILES string of the molecule is CC(C)(C)OC(=O)N1CCC[C@H]1C(=O)O.c1c[nH]cn1. The van der Waals surface area contributed by atoms with Crippen LogP contribution in [0.4, 0.5) is 4.79 Å². The first-order valence-electron chi connectivity index (χ1n) is 6.46. The number of aromatic amines is 1. The van der Waals surface area contributed by atoms with Crippen molar-refractivity contribution in [2.45, 2.75) is 45.3 Å². The molecule has 0 aliphatic carbocycles. The van der Waals surface area contributed by atoms with Gasteiger partial charge in [-0.05, 0) is 33.6 Å². The highest BCUT2D eigenvalue weighted by atomic mass is 16.6. The van der Waals surface area contributed by atoms with Gasteiger partial charge in [0.15, 0.2) is 0 Å². The molecule has 1 aliphatic rings. The lowest BCUT2D eigenvalue weighted by Gasteiger charge is -2.26. The van der Waals surface area contributed by atoms with Gasteiger partial charge in [-0.1, -0.05) is 0 Å². The summed E-state index contributed by atoms with van der Waals surface area (Å²) in [6.07, 6.45) is 5.78. The number of H-pyrrole nitrogens is 1. The molecular weight excluding hydrogens is 262 g/mol. The first-order valence-corrected chi connectivity index (χ1v) is 6.46. The maximum Gasteiger partial charge on any atom is 0.411 e. The third kappa shape index (κ3) is 5.29. The van der Waals surface area contributed by atoms with E-state index in [4.69, 9.17) is 9.84 Å². The van der Waals surface area contributed by atoms with Gasteiger partial charge in [0.25, 0.3) is 0 Å². The van der Waals surface area contributed by atoms with E-state index in [0.29, 0.717) is 13.0 Å². The van der Waals surface area contributed by atoms with Crippen LogP contribution in [0.1, 0.15) is 33.6 Å². The molecule has 1 saturated heterocycles. The maximum atomic E-state index is 11.6. The second-order valence-electron chi connectivity index (χ2n) is 5.43. The minimum Gasteiger partial charge on any atom is -0.480 e. The maximum absolute atomic E-state index is 11.6. The number of aliphatic carboxylic acids is 1. The zero-order valence-electron chi connectivity index (χ0n) is 12.0. The highest BCUT2D eigenvalue weighted by molar-refractivity contribution is 5.80. The summed E-state index contributed by atoms with van der Waals surface area (Å²) in [4.78, 5) is 30.2. The Labute approximate surface area is 118 Å². The number of likely N-dealkylation sites (tertiary alicyclic amines) is 1. The second-order valence-corrected chi connectivity index (χ2v) is 5.43. The molecule has 7 heteroatoms. The molecule has 1 amide bonds. The summed E-state index contributed by atoms with van der Waals surface area (Å²) in [6, 6.07) is -0.722. The van der Waals surface area contributed by atoms with Gasteiger partial charge in [0, 0.05) is 18.9 Å². The number of hydrogen-bond acceptors (Lipinski definition) is 4. The predicted molar refractivity (Wildman–Crippen MR) is 72.2 cm³/mol. The fourth-order valence-corrected chi connectivity index (χ4v) is 1.78. The zero-order valence-corrected chi connectivity index (χ0v) is 12.0. The van der Waals surface area contributed by atoms with Crippen molar-refractivity contribution >= 4 is 12.1 Å². The molecule has 7 nitrogen and oxygen atoms in total. The van der Waals surface area contributed by atoms with Crippen LogP contribution in [0.3, 0.4) is 0 Å². The minimum absolute atomic E-state index is 0.464. The molecular formula is C13H21N3O4. The molecule has 0 spiro atoms. The molecule has 0 saturated carbocycles. The Bertz CT molecular complexity index is 408. The van der Waals surface area contributed by atoms with Crippen molar-refractivity contribution in [3.63, 3.8) is 0 Å². The molecule has 20 heavy (non-hydrogen) atoms. The highest BCUT2D eigenvalue weighted by Crippen LogP contribution is 2.20. The van der Waals surface area contributed by atoms with Crippen LogP contribution in [0.25, 0.3) is 0 Å². The summed E-state index contributed by atoms with van der Waals surface area (Å²) in [5.41, 5.74) is -0.581. The van der Waals surface area contributed by atoms with E-state index in [-0.39, 0.29) is 0 Å². The molecule has 2 N–H and O–H groups in total. The third-order valence-corrected chi connectivity index (χ3v) is 2.57. The van der Waals surface area contributed by atoms with Crippen molar-refractivity contribution in [2.75, 3.05) is 6.54 Å². The molecule has 2 rings (SSSR count). The van der Waals surface area contributed by atoms with Gasteiger partial charge in [0.1, 0.15) is 11.6 Å². The van der Waals surface area contributed by atoms with Crippen molar-refractivity contribution in [2.24, 2.45) is 0 Å². The number of carboxylic acids is 1. The number of nitrogens with one attached hydrogen (secondary N) is 1. The van der Waals surface area contributed by atoms with Gasteiger partial charge in [0.05, 0.1) is 6.33 Å². The molecule has 2 heterocycles. The van der Waals surface area contributed by atoms with E-state index in [9.17, 15) is 9.59 Å². The van der Waals surface area contributed by atoms with E-state index < -0.39 is 23.7 Å². The Balaban J connectivity index is 0.000000333. The average molecular weight is 283 g/mol. The fraction of sp³-hybridized carbons (Fsp3) is 0.615. The summed E-state index contributed by atoms with van der Waals surface area (Å²) < 4.78 is 5.13. The van der Waals surface area contributed by atoms with Crippen LogP contribution in [-0.2, 0) is 9.53 Å². The van der Waals surface area contributed by atoms with Crippen LogP contribution >= 0.6 is 0 Å². The van der Waals surface area contributed by atoms with E-state index in [1.807, 2.05) is 0 Å². The molecule has 0 bridgehead atoms. The Morgan fingerprint density at radius 2 is 2.15 bits per heavy atom. The third-order valence-electron chi connectivity index (χ3n) is 2.57. The molecule has 1 fully saturated rings. The topological polar surface area (TPSA) is 95.5 Å². The van der Waals surface area contributed by atoms with Gasteiger partial charge >= 0.3 is 12.1 Å². The lowest BCUT2D eigenvalue weighted by Crippen LogP contribution is -2.43. The van der Waals surface area contributed by atoms with E-state index in [1.165, 1.54) is 4.90 Å². The van der Waals surface area contributed by atoms with Crippen LogP contribution in [0.5, 0.6) is 0 Å². The van der Waals surface area contributed by atoms with Crippen LogP contribution in [-0.4, -0.2) is 50.2 Å². The van der Waals surface area contributed by atoms with E-state index >= 15 is 0 Å². The number of imidazole rings is 1. The first kappa shape index (κ1) is 16.0. The van der Waals surface area contributed by atoms with E-state index in [1.54, 1.807) is 39.5 Å². The fourth-order valence-electron chi connectivity index (χ4n) is 1.78. The number of rotatable bonds is 1. The predicted octanol–water partition coefficient (Wildman–Crippen LogP) is 1.88. The standard InChI is InChI=1S/C10H17NO4.C3H4N2/c1-10(2,3)15-9(14)11-6-4-5-7(11)8(12)13;1-2-5-3-4-1/h7H,4-6H2,1-3H3,(H,12,13);1-3H,(H,4,5)/t7-;/m0./s1. The van der Waals surface area contributed by atoms with Crippen LogP contribution < -0.4 is 0 Å². The number of nitrogens with zero attached hydrogens (tertiary/aromatic N) is 2. The average Bonchev–Trinajstić information content (AvgIpc) is 3.01. The van der Waals surface area contributed by atoms with Gasteiger partial charge in [-0.3, -0.25) is 4.90 Å². The van der Waals surface area contributed by atoms with Gasteiger partial charge in [-0.2, -0.15) is 0 Å². The number of ether oxygens (including phenoxy) is 1. The van der Waals surface area contributed by atoms with Crippen molar-refractivity contribution in [1.82, 2.24) is 14.9 Å². The highest BCUT2D eigenvalue weighted by Gasteiger charge is 2.36. The summed E-state index contributed by atoms with van der Waals surface area (Å²) in [7, 11) is 0. The Kier molecular flexibility index (Phi) is 5.54. The Morgan fingerprint density at radius 3 is 2.55 bits per heavy atom. The lowest BCUT2D eigenvalue weighted by molar-refractivity contribution is -0.142. The number of carboxylic acid groups (broad SMARTS) is 1. The number of amides is 1. The molecule has 1 aliphatic heterocycles. The van der Waals surface area contributed by atoms with Crippen molar-refractivity contribution in [3.05, 3.63) is 18.7 Å². The molecule has 1 aromatic heterocycles. The van der Waals surface area contributed by atoms with Crippen LogP contribution in [0.15, 0.2) is 18.7 Å². The van der Waals surface area contributed by atoms with Gasteiger partial charge in [-0.15, -0.1) is 0 Å². The number of carbonyl (C=O) groups is 2. The van der Waals surface area contributed by atoms with Crippen LogP contribution in [0, 0.1) is 0 Å². The number of hydrogen-bond donors (Lipinski definition) is 2. The quantitative estimate of drug-likeness (QED) is 0.820. The van der Waals surface area contributed by atoms with E-state index in [2.05, 4.69) is 9.97 Å². The van der Waals surface area contributed by atoms with Gasteiger partial charge in [-0.25, -0.2) is 14.6 Å². The van der Waals surface area contributed by atoms with Crippen LogP contribution in [0.2, 0.25) is 0 Å². The van der Waals surface area contributed by atoms with E-state index in [0.717, 1.165) is 6.42 Å². The van der Waals surface area contributed by atoms with Crippen molar-refractivity contribution < 1.29 is 19.4 Å². The second kappa shape index (κ2) is 6.93. The monoisotopic (exact) mass is 283 g/mol. The Hall–Kier alpha value is -2.05. The molecule has 1 aromatic rings. The summed E-state index contributed by atoms with van der Waals surface area (Å²) >= 11 is 0. The summed E-state index contributed by atoms with van der Waals surface area (Å²) in [5, 5.41) is 8.88. The van der Waals surface area contributed by atoms with Crippen molar-refractivity contribution in [3.8, 4) is 0 Å². The molecule has 0 radical (unpaired) electrons. The van der Waals surface area contributed by atoms with Gasteiger partial charge < -0.3 is 14.8 Å². The molecule has 0 aromatic carbocycles. The number of carbonyl (C=O) groups excluding carboxylic acids is 1. The molecule has 1 atom stereocenters. The smallest absolute Gasteiger partial charge is 0.411 e. The number of aromatic nitrogens is 2. The summed E-state index contributed by atoms with van der Waals surface area (Å²) in [5.74, 6) is -0.960.